The highest BCUT2D eigenvalue weighted by Crippen LogP contribution is 2.12. The molecular formula is C8H15NO2S2. The number of carbonyl (C=O) groups excluding carboxylic acids is 1. The van der Waals surface area contributed by atoms with Crippen LogP contribution in [0.15, 0.2) is 0 Å². The number of thiol groups is 1. The highest BCUT2D eigenvalue weighted by atomic mass is 32.1. The fraction of sp³-hybridized carbons (Fsp3) is 0.750. The van der Waals surface area contributed by atoms with Crippen LogP contribution in [-0.2, 0) is 9.53 Å². The minimum atomic E-state index is -0.755. The first-order chi connectivity index (χ1) is 5.96. The minimum absolute atomic E-state index is 0.297. The van der Waals surface area contributed by atoms with Gasteiger partial charge < -0.3 is 10.1 Å². The van der Waals surface area contributed by atoms with Crippen LogP contribution < -0.4 is 5.32 Å². The second-order valence-corrected chi connectivity index (χ2v) is 3.99. The molecule has 3 nitrogen and oxygen atoms in total. The monoisotopic (exact) mass is 221 g/mol. The van der Waals surface area contributed by atoms with Crippen molar-refractivity contribution in [3.63, 3.8) is 0 Å². The fourth-order valence-electron chi connectivity index (χ4n) is 0.810. The van der Waals surface area contributed by atoms with E-state index in [1.165, 1.54) is 0 Å². The molecule has 0 aromatic rings. The molecule has 1 atom stereocenters. The van der Waals surface area contributed by atoms with Crippen molar-refractivity contribution >= 4 is 35.1 Å². The molecule has 0 amide bonds. The molecule has 0 aromatic heterocycles. The topological polar surface area (TPSA) is 38.3 Å². The molecule has 76 valence electrons. The highest BCUT2D eigenvalue weighted by Gasteiger charge is 2.32. The zero-order valence-corrected chi connectivity index (χ0v) is 9.80. The lowest BCUT2D eigenvalue weighted by Gasteiger charge is -2.26. The predicted octanol–water partition coefficient (Wildman–Crippen LogP) is 1.52. The van der Waals surface area contributed by atoms with Gasteiger partial charge in [-0.2, -0.15) is 0 Å². The smallest absolute Gasteiger partial charge is 0.331 e. The third-order valence-corrected chi connectivity index (χ3v) is 2.03. The number of thiocarbonyl (C=S) groups is 1. The predicted molar refractivity (Wildman–Crippen MR) is 60.0 cm³/mol. The number of ether oxygens (including phenoxy) is 1. The van der Waals surface area contributed by atoms with Gasteiger partial charge in [0.2, 0.25) is 0 Å². The van der Waals surface area contributed by atoms with E-state index < -0.39 is 5.54 Å². The molecule has 0 bridgehead atoms. The number of carbonyl (C=O) groups is 1. The van der Waals surface area contributed by atoms with Gasteiger partial charge >= 0.3 is 5.97 Å². The molecule has 0 spiro atoms. The molecule has 0 aliphatic heterocycles. The molecule has 0 fully saturated rings. The Bertz CT molecular complexity index is 208. The van der Waals surface area contributed by atoms with Gasteiger partial charge in [-0.1, -0.05) is 19.1 Å². The van der Waals surface area contributed by atoms with Gasteiger partial charge in [0.25, 0.3) is 0 Å². The highest BCUT2D eigenvalue weighted by molar-refractivity contribution is 8.11. The first-order valence-corrected chi connectivity index (χ1v) is 5.00. The third-order valence-electron chi connectivity index (χ3n) is 1.82. The molecule has 0 heterocycles. The molecule has 1 unspecified atom stereocenters. The van der Waals surface area contributed by atoms with E-state index in [1.54, 1.807) is 13.8 Å². The molecule has 0 radical (unpaired) electrons. The molecule has 0 saturated heterocycles. The Balaban J connectivity index is 4.42. The van der Waals surface area contributed by atoms with Gasteiger partial charge in [-0.3, -0.25) is 0 Å². The molecule has 0 saturated carbocycles. The molecule has 1 N–H and O–H groups in total. The van der Waals surface area contributed by atoms with Crippen LogP contribution in [0.5, 0.6) is 0 Å². The van der Waals surface area contributed by atoms with Crippen LogP contribution >= 0.6 is 24.8 Å². The lowest BCUT2D eigenvalue weighted by Crippen LogP contribution is -2.51. The first kappa shape index (κ1) is 12.7. The average Bonchev–Trinajstić information content (AvgIpc) is 2.03. The van der Waals surface area contributed by atoms with E-state index in [9.17, 15) is 4.79 Å². The SMILES string of the molecule is CCOC(=O)C(C)(CC)NC(=S)S. The Morgan fingerprint density at radius 2 is 2.15 bits per heavy atom. The zero-order valence-electron chi connectivity index (χ0n) is 8.09. The molecule has 0 rings (SSSR count). The van der Waals surface area contributed by atoms with Gasteiger partial charge in [0.15, 0.2) is 0 Å². The van der Waals surface area contributed by atoms with Crippen LogP contribution in [0.2, 0.25) is 0 Å². The summed E-state index contributed by atoms with van der Waals surface area (Å²) in [6.07, 6.45) is 0.604. The van der Waals surface area contributed by atoms with Crippen molar-refractivity contribution in [2.45, 2.75) is 32.7 Å². The zero-order chi connectivity index (χ0) is 10.5. The van der Waals surface area contributed by atoms with Crippen molar-refractivity contribution in [3.05, 3.63) is 0 Å². The minimum Gasteiger partial charge on any atom is -0.464 e. The average molecular weight is 221 g/mol. The number of nitrogens with one attached hydrogen (secondary N) is 1. The maximum atomic E-state index is 11.5. The Labute approximate surface area is 89.6 Å². The molecule has 13 heavy (non-hydrogen) atoms. The Hall–Kier alpha value is -0.290. The van der Waals surface area contributed by atoms with Crippen LogP contribution in [0, 0.1) is 0 Å². The Morgan fingerprint density at radius 1 is 1.62 bits per heavy atom. The summed E-state index contributed by atoms with van der Waals surface area (Å²) in [6, 6.07) is 0. The van der Waals surface area contributed by atoms with Crippen LogP contribution in [0.4, 0.5) is 0 Å². The fourth-order valence-corrected chi connectivity index (χ4v) is 1.28. The first-order valence-electron chi connectivity index (χ1n) is 4.14. The van der Waals surface area contributed by atoms with Gasteiger partial charge in [0, 0.05) is 0 Å². The number of esters is 1. The van der Waals surface area contributed by atoms with Crippen molar-refractivity contribution < 1.29 is 9.53 Å². The van der Waals surface area contributed by atoms with E-state index in [2.05, 4.69) is 17.9 Å². The molecule has 0 aromatic carbocycles. The van der Waals surface area contributed by atoms with Crippen molar-refractivity contribution in [2.24, 2.45) is 0 Å². The second-order valence-electron chi connectivity index (χ2n) is 2.84. The number of hydrogen-bond acceptors (Lipinski definition) is 3. The van der Waals surface area contributed by atoms with Crippen molar-refractivity contribution in [2.75, 3.05) is 6.61 Å². The summed E-state index contributed by atoms with van der Waals surface area (Å²) in [5.74, 6) is -0.297. The summed E-state index contributed by atoms with van der Waals surface area (Å²) in [7, 11) is 0. The van der Waals surface area contributed by atoms with E-state index in [-0.39, 0.29) is 5.97 Å². The summed E-state index contributed by atoms with van der Waals surface area (Å²) in [5.41, 5.74) is -0.755. The van der Waals surface area contributed by atoms with Crippen LogP contribution in [0.1, 0.15) is 27.2 Å². The third kappa shape index (κ3) is 3.95. The van der Waals surface area contributed by atoms with E-state index in [0.29, 0.717) is 17.3 Å². The van der Waals surface area contributed by atoms with E-state index in [1.807, 2.05) is 6.92 Å². The van der Waals surface area contributed by atoms with E-state index >= 15 is 0 Å². The van der Waals surface area contributed by atoms with Gasteiger partial charge in [0.05, 0.1) is 6.61 Å². The summed E-state index contributed by atoms with van der Waals surface area (Å²) in [5, 5.41) is 2.81. The normalized spacial score (nSPS) is 14.5. The number of hydrogen-bond donors (Lipinski definition) is 2. The van der Waals surface area contributed by atoms with Crippen molar-refractivity contribution in [1.82, 2.24) is 5.32 Å². The maximum Gasteiger partial charge on any atom is 0.331 e. The second kappa shape index (κ2) is 5.44. The van der Waals surface area contributed by atoms with E-state index in [0.717, 1.165) is 0 Å². The van der Waals surface area contributed by atoms with Gasteiger partial charge in [-0.25, -0.2) is 4.79 Å². The lowest BCUT2D eigenvalue weighted by atomic mass is 10.00. The summed E-state index contributed by atoms with van der Waals surface area (Å²) in [4.78, 5) is 11.5. The van der Waals surface area contributed by atoms with E-state index in [4.69, 9.17) is 17.0 Å². The molecule has 0 aliphatic carbocycles. The van der Waals surface area contributed by atoms with Gasteiger partial charge in [0.1, 0.15) is 9.86 Å². The van der Waals surface area contributed by atoms with Crippen molar-refractivity contribution in [3.8, 4) is 0 Å². The Kier molecular flexibility index (Phi) is 5.32. The molecule has 0 aliphatic rings. The summed E-state index contributed by atoms with van der Waals surface area (Å²) >= 11 is 8.68. The number of rotatable bonds is 4. The molecule has 5 heteroatoms. The Morgan fingerprint density at radius 3 is 2.46 bits per heavy atom. The van der Waals surface area contributed by atoms with Gasteiger partial charge in [-0.15, -0.1) is 12.6 Å². The largest absolute Gasteiger partial charge is 0.464 e. The van der Waals surface area contributed by atoms with Crippen LogP contribution in [-0.4, -0.2) is 22.4 Å². The van der Waals surface area contributed by atoms with Gasteiger partial charge in [-0.05, 0) is 20.3 Å². The van der Waals surface area contributed by atoms with Crippen LogP contribution in [0.25, 0.3) is 0 Å². The van der Waals surface area contributed by atoms with Crippen molar-refractivity contribution in [1.29, 1.82) is 0 Å². The standard InChI is InChI=1S/C8H15NO2S2/c1-4-8(3,9-7(12)13)6(10)11-5-2/h4-5H2,1-3H3,(H2,9,12,13). The lowest BCUT2D eigenvalue weighted by molar-refractivity contribution is -0.149. The summed E-state index contributed by atoms with van der Waals surface area (Å²) < 4.78 is 5.21. The summed E-state index contributed by atoms with van der Waals surface area (Å²) in [6.45, 7) is 5.77. The molecular weight excluding hydrogens is 206 g/mol. The van der Waals surface area contributed by atoms with Crippen LogP contribution in [0.3, 0.4) is 0 Å². The maximum absolute atomic E-state index is 11.5. The quantitative estimate of drug-likeness (QED) is 0.429.